The lowest BCUT2D eigenvalue weighted by atomic mass is 9.51. The van der Waals surface area contributed by atoms with Gasteiger partial charge >= 0.3 is 0 Å². The van der Waals surface area contributed by atoms with Gasteiger partial charge in [-0.1, -0.05) is 27.7 Å². The molecule has 18 nitrogen and oxygen atoms in total. The van der Waals surface area contributed by atoms with Crippen LogP contribution in [0.25, 0.3) is 0 Å². The lowest BCUT2D eigenvalue weighted by Gasteiger charge is -2.58. The summed E-state index contributed by atoms with van der Waals surface area (Å²) in [5.41, 5.74) is -12.1. The Morgan fingerprint density at radius 1 is 0.375 bits per heavy atom. The topological polar surface area (TPSA) is 206 Å². The molecular formula is C62H109N7O11. The van der Waals surface area contributed by atoms with E-state index in [4.69, 9.17) is 18.9 Å². The largest absolute Gasteiger partial charge is 0.391 e. The maximum Gasteiger partial charge on any atom is 0.257 e. The van der Waals surface area contributed by atoms with Crippen LogP contribution in [0.2, 0.25) is 0 Å². The first-order valence-electron chi connectivity index (χ1n) is 30.1. The van der Waals surface area contributed by atoms with Crippen molar-refractivity contribution in [3.05, 3.63) is 0 Å². The van der Waals surface area contributed by atoms with Gasteiger partial charge in [0.25, 0.3) is 23.6 Å². The number of nitrogens with zero attached hydrogens (tertiary/aromatic N) is 5. The number of piperidine rings is 3. The highest BCUT2D eigenvalue weighted by Crippen LogP contribution is 2.61. The second-order valence-electron chi connectivity index (χ2n) is 34.0. The molecule has 0 radical (unpaired) electrons. The monoisotopic (exact) mass is 1130 g/mol. The number of β-amino-alcohol motifs (C(OH)–C–C–N with tert-alkyl or cyclic N) is 3. The van der Waals surface area contributed by atoms with Crippen molar-refractivity contribution in [3.8, 4) is 0 Å². The molecule has 0 aromatic rings. The van der Waals surface area contributed by atoms with E-state index in [0.717, 1.165) is 0 Å². The molecule has 0 aromatic carbocycles. The van der Waals surface area contributed by atoms with E-state index < -0.39 is 85.5 Å². The predicted octanol–water partition coefficient (Wildman–Crippen LogP) is 6.79. The number of carbonyl (C=O) groups is 4. The molecule has 4 amide bonds. The Labute approximate surface area is 480 Å². The van der Waals surface area contributed by atoms with Gasteiger partial charge in [-0.2, -0.15) is 0 Å². The van der Waals surface area contributed by atoms with E-state index in [0.29, 0.717) is 57.8 Å². The highest BCUT2D eigenvalue weighted by atomic mass is 16.6. The van der Waals surface area contributed by atoms with Crippen LogP contribution in [0, 0.1) is 16.7 Å². The van der Waals surface area contributed by atoms with Crippen molar-refractivity contribution < 1.29 is 53.4 Å². The van der Waals surface area contributed by atoms with Crippen LogP contribution in [0.4, 0.5) is 0 Å². The van der Waals surface area contributed by atoms with E-state index in [1.165, 1.54) is 0 Å². The van der Waals surface area contributed by atoms with Crippen molar-refractivity contribution in [2.75, 3.05) is 32.7 Å². The number of likely N-dealkylation sites (tertiary alicyclic amines) is 1. The van der Waals surface area contributed by atoms with Gasteiger partial charge < -0.3 is 64.5 Å². The molecule has 8 aliphatic rings. The normalized spacial score (nSPS) is 32.4. The minimum absolute atomic E-state index is 0.0547. The molecule has 0 aromatic heterocycles. The average Bonchev–Trinajstić information content (AvgIpc) is 3.64. The third-order valence-corrected chi connectivity index (χ3v) is 19.9. The molecule has 1 aliphatic carbocycles. The molecule has 7 aliphatic heterocycles. The fourth-order valence-electron chi connectivity index (χ4n) is 19.3. The van der Waals surface area contributed by atoms with E-state index in [-0.39, 0.29) is 84.4 Å². The molecule has 458 valence electrons. The summed E-state index contributed by atoms with van der Waals surface area (Å²) in [5, 5.41) is 43.4. The molecule has 5 N–H and O–H groups in total. The molecule has 1 saturated carbocycles. The van der Waals surface area contributed by atoms with Crippen molar-refractivity contribution in [2.45, 2.75) is 321 Å². The second kappa shape index (κ2) is 18.7. The van der Waals surface area contributed by atoms with Gasteiger partial charge in [0, 0.05) is 84.8 Å². The summed E-state index contributed by atoms with van der Waals surface area (Å²) in [6, 6.07) is 0. The molecular weight excluding hydrogens is 1020 g/mol. The quantitative estimate of drug-likeness (QED) is 0.137. The van der Waals surface area contributed by atoms with Crippen LogP contribution in [0.5, 0.6) is 0 Å². The molecule has 3 unspecified atom stereocenters. The van der Waals surface area contributed by atoms with Crippen molar-refractivity contribution in [2.24, 2.45) is 16.7 Å². The third-order valence-electron chi connectivity index (χ3n) is 19.9. The van der Waals surface area contributed by atoms with E-state index in [1.54, 1.807) is 19.6 Å². The summed E-state index contributed by atoms with van der Waals surface area (Å²) < 4.78 is 27.3. The van der Waals surface area contributed by atoms with Crippen LogP contribution in [-0.2, 0) is 38.1 Å². The van der Waals surface area contributed by atoms with Gasteiger partial charge in [-0.3, -0.25) is 24.1 Å². The lowest BCUT2D eigenvalue weighted by Crippen LogP contribution is -2.69. The molecule has 8 fully saturated rings. The van der Waals surface area contributed by atoms with Gasteiger partial charge in [0.05, 0.1) is 37.9 Å². The van der Waals surface area contributed by atoms with E-state index in [2.05, 4.69) is 126 Å². The highest BCUT2D eigenvalue weighted by Gasteiger charge is 2.69. The maximum absolute atomic E-state index is 15.1. The van der Waals surface area contributed by atoms with E-state index in [1.807, 2.05) is 55.4 Å². The van der Waals surface area contributed by atoms with Gasteiger partial charge in [-0.25, -0.2) is 0 Å². The number of ether oxygens (including phenoxy) is 4. The summed E-state index contributed by atoms with van der Waals surface area (Å²) in [5.74, 6) is -0.671. The number of carbonyl (C=O) groups excluding carboxylic acids is 4. The van der Waals surface area contributed by atoms with Crippen molar-refractivity contribution >= 4 is 23.6 Å². The number of rotatable bonds is 12. The van der Waals surface area contributed by atoms with Gasteiger partial charge in [0.1, 0.15) is 22.9 Å². The summed E-state index contributed by atoms with van der Waals surface area (Å²) in [4.78, 5) is 68.1. The molecule has 80 heavy (non-hydrogen) atoms. The van der Waals surface area contributed by atoms with Gasteiger partial charge in [0.15, 0.2) is 22.4 Å². The van der Waals surface area contributed by atoms with Gasteiger partial charge in [0.2, 0.25) is 0 Å². The third kappa shape index (κ3) is 11.2. The number of aliphatic hydroxyl groups excluding tert-OH is 3. The average molecular weight is 1130 g/mol. The Morgan fingerprint density at radius 3 is 0.900 bits per heavy atom. The van der Waals surface area contributed by atoms with Crippen LogP contribution in [0.3, 0.4) is 0 Å². The zero-order valence-electron chi connectivity index (χ0n) is 54.1. The minimum Gasteiger partial charge on any atom is -0.391 e. The SMILES string of the molecule is CC1(C)CC2(CC(C)(C)N1)OC(C)(C)N(CC(O)CC1C(C)(C)CC3(CC1(C)C)OC(C)(C)N(CC(O)CN1C(=O)C4(CC(C)(C)N(CC(O)CN5C(=O)C6(CC(C)(C)NC(C)(C)C6)OC5(C)C)C(C)(C)C4)OC1(C)C)C3=O)C2=O. The lowest BCUT2D eigenvalue weighted by molar-refractivity contribution is -0.191. The summed E-state index contributed by atoms with van der Waals surface area (Å²) in [7, 11) is 0. The van der Waals surface area contributed by atoms with E-state index in [9.17, 15) is 24.9 Å². The van der Waals surface area contributed by atoms with Gasteiger partial charge in [-0.05, 0) is 174 Å². The summed E-state index contributed by atoms with van der Waals surface area (Å²) in [6.07, 6.45) is 0.967. The van der Waals surface area contributed by atoms with Crippen molar-refractivity contribution in [3.63, 3.8) is 0 Å². The minimum atomic E-state index is -1.24. The fourth-order valence-corrected chi connectivity index (χ4v) is 19.3. The first-order valence-corrected chi connectivity index (χ1v) is 30.1. The number of aliphatic hydroxyl groups is 3. The summed E-state index contributed by atoms with van der Waals surface area (Å²) in [6.45, 7) is 49.0. The number of hydrogen-bond donors (Lipinski definition) is 5. The standard InChI is InChI=1S/C62H109N7O11/c1-47(2)31-59(32-48(3,4)42(47)25-39(70)26-65-44(74)60(78-55(65,17)18)33-49(5,6)63-50(7,8)34-60)43(73)66(56(19,20)77-59)27-40(71)28-67-46(76)62(80-58(67,23)24)37-53(13,14)69(54(15,16)38-62)30-41(72)29-68-45(75)61(79-57(68,21)22)35-51(9,10)64-52(11,12)36-61/h39-42,63-64,70-72H,25-38H2,1-24H3. The Balaban J connectivity index is 0.911. The molecule has 7 saturated heterocycles. The van der Waals surface area contributed by atoms with Gasteiger partial charge in [-0.15, -0.1) is 0 Å². The maximum atomic E-state index is 15.1. The van der Waals surface area contributed by atoms with Crippen LogP contribution in [0.15, 0.2) is 0 Å². The van der Waals surface area contributed by atoms with Crippen LogP contribution in [0.1, 0.15) is 224 Å². The molecule has 4 spiro atoms. The van der Waals surface area contributed by atoms with Crippen LogP contribution >= 0.6 is 0 Å². The van der Waals surface area contributed by atoms with Crippen LogP contribution in [-0.4, -0.2) is 193 Å². The predicted molar refractivity (Wildman–Crippen MR) is 307 cm³/mol. The zero-order chi connectivity index (χ0) is 60.6. The first kappa shape index (κ1) is 63.5. The molecule has 18 heteroatoms. The molecule has 7 heterocycles. The Bertz CT molecular complexity index is 2240. The first-order chi connectivity index (χ1) is 35.6. The van der Waals surface area contributed by atoms with Crippen molar-refractivity contribution in [1.29, 1.82) is 0 Å². The Morgan fingerprint density at radius 2 is 0.613 bits per heavy atom. The summed E-state index contributed by atoms with van der Waals surface area (Å²) >= 11 is 0. The number of nitrogens with one attached hydrogen (secondary N) is 2. The Kier molecular flexibility index (Phi) is 14.9. The smallest absolute Gasteiger partial charge is 0.257 e. The number of hydrogen-bond acceptors (Lipinski definition) is 14. The van der Waals surface area contributed by atoms with E-state index >= 15 is 9.59 Å². The van der Waals surface area contributed by atoms with Crippen molar-refractivity contribution in [1.82, 2.24) is 35.1 Å². The fraction of sp³-hybridized carbons (Fsp3) is 0.935. The zero-order valence-corrected chi connectivity index (χ0v) is 54.1. The van der Waals surface area contributed by atoms with Crippen LogP contribution < -0.4 is 10.6 Å². The number of amides is 4. The molecule has 8 rings (SSSR count). The second-order valence-corrected chi connectivity index (χ2v) is 34.0. The highest BCUT2D eigenvalue weighted by molar-refractivity contribution is 5.90. The molecule has 0 bridgehead atoms. The molecule has 3 atom stereocenters. The Hall–Kier alpha value is -2.52.